The summed E-state index contributed by atoms with van der Waals surface area (Å²) in [5.74, 6) is 0.897. The van der Waals surface area contributed by atoms with E-state index >= 15 is 0 Å². The second-order valence-corrected chi connectivity index (χ2v) is 7.25. The molecule has 2 aliphatic rings. The van der Waals surface area contributed by atoms with Gasteiger partial charge in [0, 0.05) is 18.3 Å². The SMILES string of the molecule is CC(NC1C2(C)CCC(C2)C1(C)C)c1ccn[nH]1. The number of nitrogens with one attached hydrogen (secondary N) is 2. The third-order valence-electron chi connectivity index (χ3n) is 5.68. The van der Waals surface area contributed by atoms with Crippen LogP contribution in [0, 0.1) is 16.7 Å². The average molecular weight is 247 g/mol. The van der Waals surface area contributed by atoms with Gasteiger partial charge in [-0.05, 0) is 49.0 Å². The molecule has 4 unspecified atom stereocenters. The van der Waals surface area contributed by atoms with Gasteiger partial charge in [-0.2, -0.15) is 5.10 Å². The summed E-state index contributed by atoms with van der Waals surface area (Å²) < 4.78 is 0. The lowest BCUT2D eigenvalue weighted by Gasteiger charge is -2.44. The number of fused-ring (bicyclic) bond motifs is 2. The van der Waals surface area contributed by atoms with Crippen LogP contribution >= 0.6 is 0 Å². The minimum atomic E-state index is 0.355. The number of hydrogen-bond acceptors (Lipinski definition) is 2. The van der Waals surface area contributed by atoms with Gasteiger partial charge in [-0.25, -0.2) is 0 Å². The fraction of sp³-hybridized carbons (Fsp3) is 0.800. The average Bonchev–Trinajstić information content (AvgIpc) is 2.96. The summed E-state index contributed by atoms with van der Waals surface area (Å²) in [5, 5.41) is 11.0. The summed E-state index contributed by atoms with van der Waals surface area (Å²) in [4.78, 5) is 0. The van der Waals surface area contributed by atoms with Crippen molar-refractivity contribution in [3.8, 4) is 0 Å². The maximum atomic E-state index is 4.05. The van der Waals surface area contributed by atoms with Crippen LogP contribution in [0.25, 0.3) is 0 Å². The number of aromatic amines is 1. The molecule has 2 aliphatic carbocycles. The Morgan fingerprint density at radius 2 is 2.22 bits per heavy atom. The van der Waals surface area contributed by atoms with Crippen molar-refractivity contribution in [1.29, 1.82) is 0 Å². The molecule has 0 amide bonds. The van der Waals surface area contributed by atoms with Crippen LogP contribution in [0.3, 0.4) is 0 Å². The van der Waals surface area contributed by atoms with Crippen molar-refractivity contribution in [3.05, 3.63) is 18.0 Å². The first-order chi connectivity index (χ1) is 8.43. The zero-order valence-corrected chi connectivity index (χ0v) is 12.0. The van der Waals surface area contributed by atoms with Gasteiger partial charge in [-0.15, -0.1) is 0 Å². The van der Waals surface area contributed by atoms with Crippen molar-refractivity contribution < 1.29 is 0 Å². The van der Waals surface area contributed by atoms with Gasteiger partial charge in [-0.1, -0.05) is 20.8 Å². The minimum Gasteiger partial charge on any atom is -0.305 e. The maximum absolute atomic E-state index is 4.05. The Balaban J connectivity index is 1.80. The van der Waals surface area contributed by atoms with Crippen LogP contribution in [0.5, 0.6) is 0 Å². The molecule has 2 bridgehead atoms. The Hall–Kier alpha value is -0.830. The molecule has 1 heterocycles. The molecule has 3 nitrogen and oxygen atoms in total. The lowest BCUT2D eigenvalue weighted by molar-refractivity contribution is 0.0998. The summed E-state index contributed by atoms with van der Waals surface area (Å²) in [7, 11) is 0. The highest BCUT2D eigenvalue weighted by atomic mass is 15.1. The second-order valence-electron chi connectivity index (χ2n) is 7.25. The Morgan fingerprint density at radius 1 is 1.44 bits per heavy atom. The fourth-order valence-corrected chi connectivity index (χ4v) is 4.57. The standard InChI is InChI=1S/C15H25N3/c1-10(12-6-8-16-18-12)17-13-14(2,3)11-5-7-15(13,4)9-11/h6,8,10-11,13,17H,5,7,9H2,1-4H3,(H,16,18). The molecular formula is C15H25N3. The van der Waals surface area contributed by atoms with Crippen molar-refractivity contribution in [2.75, 3.05) is 0 Å². The van der Waals surface area contributed by atoms with Crippen LogP contribution in [0.2, 0.25) is 0 Å². The lowest BCUT2D eigenvalue weighted by atomic mass is 9.68. The zero-order valence-electron chi connectivity index (χ0n) is 12.0. The van der Waals surface area contributed by atoms with E-state index in [1.165, 1.54) is 25.0 Å². The predicted molar refractivity (Wildman–Crippen MR) is 73.2 cm³/mol. The van der Waals surface area contributed by atoms with Crippen LogP contribution in [-0.4, -0.2) is 16.2 Å². The van der Waals surface area contributed by atoms with Gasteiger partial charge in [-0.3, -0.25) is 5.10 Å². The third kappa shape index (κ3) is 1.63. The summed E-state index contributed by atoms with van der Waals surface area (Å²) in [6.45, 7) is 9.59. The molecule has 0 radical (unpaired) electrons. The van der Waals surface area contributed by atoms with Gasteiger partial charge in [0.1, 0.15) is 0 Å². The highest BCUT2D eigenvalue weighted by molar-refractivity contribution is 5.14. The van der Waals surface area contributed by atoms with E-state index in [0.29, 0.717) is 22.9 Å². The van der Waals surface area contributed by atoms with Crippen molar-refractivity contribution in [2.45, 2.75) is 59.0 Å². The highest BCUT2D eigenvalue weighted by Gasteiger charge is 2.59. The van der Waals surface area contributed by atoms with Crippen LogP contribution in [-0.2, 0) is 0 Å². The van der Waals surface area contributed by atoms with E-state index in [1.807, 2.05) is 6.20 Å². The Morgan fingerprint density at radius 3 is 2.78 bits per heavy atom. The zero-order chi connectivity index (χ0) is 13.0. The van der Waals surface area contributed by atoms with Crippen LogP contribution in [0.4, 0.5) is 0 Å². The van der Waals surface area contributed by atoms with E-state index in [4.69, 9.17) is 0 Å². The van der Waals surface area contributed by atoms with Gasteiger partial charge in [0.2, 0.25) is 0 Å². The first-order valence-corrected chi connectivity index (χ1v) is 7.19. The molecule has 18 heavy (non-hydrogen) atoms. The molecule has 3 rings (SSSR count). The van der Waals surface area contributed by atoms with Gasteiger partial charge >= 0.3 is 0 Å². The normalized spacial score (nSPS) is 39.1. The smallest absolute Gasteiger partial charge is 0.0518 e. The first-order valence-electron chi connectivity index (χ1n) is 7.19. The van der Waals surface area contributed by atoms with Crippen LogP contribution < -0.4 is 5.32 Å². The number of hydrogen-bond donors (Lipinski definition) is 2. The molecule has 1 aromatic rings. The highest BCUT2D eigenvalue weighted by Crippen LogP contribution is 2.62. The molecule has 3 heteroatoms. The largest absolute Gasteiger partial charge is 0.305 e. The monoisotopic (exact) mass is 247 g/mol. The minimum absolute atomic E-state index is 0.355. The molecule has 0 aliphatic heterocycles. The Bertz CT molecular complexity index is 418. The van der Waals surface area contributed by atoms with E-state index < -0.39 is 0 Å². The number of nitrogens with zero attached hydrogens (tertiary/aromatic N) is 1. The molecule has 2 N–H and O–H groups in total. The van der Waals surface area contributed by atoms with Gasteiger partial charge in [0.15, 0.2) is 0 Å². The quantitative estimate of drug-likeness (QED) is 0.860. The molecular weight excluding hydrogens is 222 g/mol. The van der Waals surface area contributed by atoms with E-state index in [0.717, 1.165) is 5.92 Å². The Kier molecular flexibility index (Phi) is 2.60. The van der Waals surface area contributed by atoms with E-state index in [9.17, 15) is 0 Å². The topological polar surface area (TPSA) is 40.7 Å². The van der Waals surface area contributed by atoms with Crippen LogP contribution in [0.1, 0.15) is 58.7 Å². The summed E-state index contributed by atoms with van der Waals surface area (Å²) in [6, 6.07) is 3.04. The maximum Gasteiger partial charge on any atom is 0.0518 e. The van der Waals surface area contributed by atoms with Crippen molar-refractivity contribution in [1.82, 2.24) is 15.5 Å². The van der Waals surface area contributed by atoms with Crippen molar-refractivity contribution in [3.63, 3.8) is 0 Å². The number of H-pyrrole nitrogens is 1. The molecule has 100 valence electrons. The first kappa shape index (κ1) is 12.2. The predicted octanol–water partition coefficient (Wildman–Crippen LogP) is 3.28. The van der Waals surface area contributed by atoms with Gasteiger partial charge < -0.3 is 5.32 Å². The van der Waals surface area contributed by atoms with E-state index in [-0.39, 0.29) is 0 Å². The number of rotatable bonds is 3. The van der Waals surface area contributed by atoms with E-state index in [2.05, 4.69) is 49.3 Å². The number of aromatic nitrogens is 2. The van der Waals surface area contributed by atoms with Crippen molar-refractivity contribution >= 4 is 0 Å². The fourth-order valence-electron chi connectivity index (χ4n) is 4.57. The van der Waals surface area contributed by atoms with E-state index in [1.54, 1.807) is 0 Å². The lowest BCUT2D eigenvalue weighted by Crippen LogP contribution is -2.51. The summed E-state index contributed by atoms with van der Waals surface area (Å²) in [6.07, 6.45) is 6.03. The molecule has 0 saturated heterocycles. The Labute approximate surface area is 110 Å². The molecule has 4 atom stereocenters. The summed E-state index contributed by atoms with van der Waals surface area (Å²) in [5.41, 5.74) is 2.10. The third-order valence-corrected chi connectivity index (χ3v) is 5.68. The van der Waals surface area contributed by atoms with Crippen molar-refractivity contribution in [2.24, 2.45) is 16.7 Å². The molecule has 2 fully saturated rings. The summed E-state index contributed by atoms with van der Waals surface area (Å²) >= 11 is 0. The molecule has 0 aromatic carbocycles. The second kappa shape index (κ2) is 3.83. The molecule has 1 aromatic heterocycles. The van der Waals surface area contributed by atoms with Gasteiger partial charge in [0.05, 0.1) is 5.69 Å². The molecule has 2 saturated carbocycles. The molecule has 0 spiro atoms. The van der Waals surface area contributed by atoms with Crippen LogP contribution in [0.15, 0.2) is 12.3 Å². The van der Waals surface area contributed by atoms with Gasteiger partial charge in [0.25, 0.3) is 0 Å².